The summed E-state index contributed by atoms with van der Waals surface area (Å²) in [7, 11) is 2.20. The monoisotopic (exact) mass is 678 g/mol. The van der Waals surface area contributed by atoms with Crippen LogP contribution in [0.15, 0.2) is 28.9 Å². The Morgan fingerprint density at radius 1 is 0.923 bits per heavy atom. The topological polar surface area (TPSA) is 87.5 Å². The van der Waals surface area contributed by atoms with Gasteiger partial charge in [-0.2, -0.15) is 0 Å². The van der Waals surface area contributed by atoms with Gasteiger partial charge in [-0.25, -0.2) is 32.1 Å². The number of aromatic nitrogens is 2. The number of ether oxygens (including phenoxy) is 2. The molecule has 0 unspecified atom stereocenters. The predicted octanol–water partition coefficient (Wildman–Crippen LogP) is 6.56. The summed E-state index contributed by atoms with van der Waals surface area (Å²) in [6, 6.07) is 4.99. The molecule has 0 fully saturated rings. The number of methoxy groups -OCH3 is 2. The van der Waals surface area contributed by atoms with Crippen LogP contribution in [0.4, 0.5) is 17.6 Å². The number of aryl methyl sites for hydroxylation is 1. The van der Waals surface area contributed by atoms with Gasteiger partial charge in [-0.1, -0.05) is 41.4 Å². The molecule has 1 aromatic heterocycles. The minimum atomic E-state index is -1.27. The molecule has 7 nitrogen and oxygen atoms in total. The Morgan fingerprint density at radius 2 is 1.44 bits per heavy atom. The Morgan fingerprint density at radius 3 is 1.90 bits per heavy atom. The number of benzene rings is 2. The van der Waals surface area contributed by atoms with Gasteiger partial charge in [0, 0.05) is 22.9 Å². The van der Waals surface area contributed by atoms with Crippen molar-refractivity contribution in [3.8, 4) is 0 Å². The van der Waals surface area contributed by atoms with Crippen molar-refractivity contribution in [3.05, 3.63) is 85.9 Å². The van der Waals surface area contributed by atoms with Gasteiger partial charge in [0.05, 0.1) is 31.9 Å². The van der Waals surface area contributed by atoms with Crippen LogP contribution in [0.5, 0.6) is 0 Å². The van der Waals surface area contributed by atoms with Crippen molar-refractivity contribution in [2.24, 2.45) is 0 Å². The summed E-state index contributed by atoms with van der Waals surface area (Å²) in [5.74, 6) is -5.85. The SMILES string of the molecule is CCCCc1nc(Br)c(C=O)n1Cc1ccc(C(=O)OC)c(F)c1F.COC(=O)c1ccc(CBr)c(F)c1F. The van der Waals surface area contributed by atoms with E-state index in [0.29, 0.717) is 23.1 Å². The molecule has 0 aliphatic carbocycles. The van der Waals surface area contributed by atoms with Crippen LogP contribution in [0, 0.1) is 23.3 Å². The van der Waals surface area contributed by atoms with E-state index in [4.69, 9.17) is 0 Å². The first kappa shape index (κ1) is 32.2. The number of halogens is 6. The normalized spacial score (nSPS) is 10.5. The quantitative estimate of drug-likeness (QED) is 0.110. The van der Waals surface area contributed by atoms with Gasteiger partial charge in [0.1, 0.15) is 16.1 Å². The maximum absolute atomic E-state index is 14.4. The number of esters is 2. The second-order valence-corrected chi connectivity index (χ2v) is 9.24. The number of aldehydes is 1. The highest BCUT2D eigenvalue weighted by Crippen LogP contribution is 2.23. The summed E-state index contributed by atoms with van der Waals surface area (Å²) in [6.45, 7) is 1.94. The smallest absolute Gasteiger partial charge is 0.340 e. The van der Waals surface area contributed by atoms with E-state index in [1.54, 1.807) is 4.57 Å². The number of rotatable bonds is 9. The standard InChI is InChI=1S/C17H17BrF2N2O3.C9H7BrF2O2/c1-3-4-5-13-21-16(18)12(9-23)22(13)8-10-6-7-11(17(24)25-2)15(20)14(10)19;1-14-9(13)6-3-2-5(4-10)7(11)8(6)12/h6-7,9H,3-5,8H2,1-2H3;2-3H,4H2,1H3. The van der Waals surface area contributed by atoms with E-state index in [1.165, 1.54) is 18.2 Å². The fraction of sp³-hybridized carbons (Fsp3) is 0.308. The zero-order valence-electron chi connectivity index (χ0n) is 21.1. The lowest BCUT2D eigenvalue weighted by Gasteiger charge is -2.12. The van der Waals surface area contributed by atoms with Crippen LogP contribution in [-0.2, 0) is 27.8 Å². The third-order valence-corrected chi connectivity index (χ3v) is 6.70. The van der Waals surface area contributed by atoms with E-state index in [9.17, 15) is 31.9 Å². The molecule has 2 aromatic carbocycles. The number of hydrogen-bond donors (Lipinski definition) is 0. The van der Waals surface area contributed by atoms with Gasteiger partial charge >= 0.3 is 11.9 Å². The van der Waals surface area contributed by atoms with Crippen molar-refractivity contribution in [1.82, 2.24) is 9.55 Å². The van der Waals surface area contributed by atoms with E-state index in [-0.39, 0.29) is 28.7 Å². The van der Waals surface area contributed by atoms with Gasteiger partial charge in [0.2, 0.25) is 0 Å². The number of carbonyl (C=O) groups excluding carboxylic acids is 3. The first-order valence-electron chi connectivity index (χ1n) is 11.4. The molecule has 0 aliphatic heterocycles. The number of unbranched alkanes of at least 4 members (excludes halogenated alkanes) is 1. The number of alkyl halides is 1. The highest BCUT2D eigenvalue weighted by molar-refractivity contribution is 9.10. The molecule has 0 radical (unpaired) electrons. The maximum atomic E-state index is 14.4. The van der Waals surface area contributed by atoms with Crippen molar-refractivity contribution in [1.29, 1.82) is 0 Å². The summed E-state index contributed by atoms with van der Waals surface area (Å²) < 4.78 is 65.4. The van der Waals surface area contributed by atoms with Crippen LogP contribution < -0.4 is 0 Å². The van der Waals surface area contributed by atoms with Gasteiger partial charge in [0.15, 0.2) is 29.6 Å². The Kier molecular flexibility index (Phi) is 12.3. The largest absolute Gasteiger partial charge is 0.465 e. The van der Waals surface area contributed by atoms with E-state index in [2.05, 4.69) is 46.3 Å². The molecule has 0 spiro atoms. The van der Waals surface area contributed by atoms with Crippen molar-refractivity contribution in [2.45, 2.75) is 38.1 Å². The van der Waals surface area contributed by atoms with E-state index < -0.39 is 46.3 Å². The van der Waals surface area contributed by atoms with Gasteiger partial charge < -0.3 is 14.0 Å². The summed E-state index contributed by atoms with van der Waals surface area (Å²) in [5.41, 5.74) is -0.443. The molecule has 0 saturated carbocycles. The van der Waals surface area contributed by atoms with Crippen LogP contribution in [0.3, 0.4) is 0 Å². The molecule has 0 amide bonds. The molecule has 13 heteroatoms. The van der Waals surface area contributed by atoms with Crippen molar-refractivity contribution in [3.63, 3.8) is 0 Å². The zero-order valence-corrected chi connectivity index (χ0v) is 24.3. The molecule has 0 N–H and O–H groups in total. The lowest BCUT2D eigenvalue weighted by molar-refractivity contribution is 0.0585. The minimum Gasteiger partial charge on any atom is -0.465 e. The number of nitrogens with zero attached hydrogens (tertiary/aromatic N) is 2. The highest BCUT2D eigenvalue weighted by Gasteiger charge is 2.22. The van der Waals surface area contributed by atoms with Crippen LogP contribution >= 0.6 is 31.9 Å². The Hall–Kier alpha value is -3.06. The van der Waals surface area contributed by atoms with Crippen LogP contribution in [-0.4, -0.2) is 42.0 Å². The average molecular weight is 680 g/mol. The first-order valence-corrected chi connectivity index (χ1v) is 13.3. The second kappa shape index (κ2) is 14.9. The molecule has 210 valence electrons. The van der Waals surface area contributed by atoms with E-state index in [0.717, 1.165) is 33.1 Å². The molecule has 1 heterocycles. The van der Waals surface area contributed by atoms with Crippen LogP contribution in [0.25, 0.3) is 0 Å². The Bertz CT molecular complexity index is 1360. The lowest BCUT2D eigenvalue weighted by Crippen LogP contribution is -2.13. The van der Waals surface area contributed by atoms with Crippen molar-refractivity contribution >= 4 is 50.1 Å². The van der Waals surface area contributed by atoms with Crippen molar-refractivity contribution < 1.29 is 41.4 Å². The first-order chi connectivity index (χ1) is 18.6. The van der Waals surface area contributed by atoms with Gasteiger partial charge in [-0.3, -0.25) is 4.79 Å². The Labute approximate surface area is 238 Å². The predicted molar refractivity (Wildman–Crippen MR) is 141 cm³/mol. The molecule has 0 atom stereocenters. The molecule has 0 bridgehead atoms. The van der Waals surface area contributed by atoms with Gasteiger partial charge in [-0.05, 0) is 34.5 Å². The number of imidazole rings is 1. The molecule has 3 aromatic rings. The third-order valence-electron chi connectivity index (χ3n) is 5.51. The zero-order chi connectivity index (χ0) is 29.3. The average Bonchev–Trinajstić information content (AvgIpc) is 3.24. The van der Waals surface area contributed by atoms with Crippen LogP contribution in [0.2, 0.25) is 0 Å². The fourth-order valence-corrected chi connectivity index (χ4v) is 4.35. The number of carbonyl (C=O) groups is 3. The molecule has 39 heavy (non-hydrogen) atoms. The van der Waals surface area contributed by atoms with E-state index in [1.807, 2.05) is 6.92 Å². The van der Waals surface area contributed by atoms with E-state index >= 15 is 0 Å². The third kappa shape index (κ3) is 7.53. The summed E-state index contributed by atoms with van der Waals surface area (Å²) in [6.07, 6.45) is 2.99. The molecule has 0 aliphatic rings. The summed E-state index contributed by atoms with van der Waals surface area (Å²) in [5, 5.41) is 0.192. The minimum absolute atomic E-state index is 0.0101. The number of hydrogen-bond acceptors (Lipinski definition) is 6. The van der Waals surface area contributed by atoms with Gasteiger partial charge in [-0.15, -0.1) is 0 Å². The highest BCUT2D eigenvalue weighted by atomic mass is 79.9. The molecular formula is C26H24Br2F4N2O5. The van der Waals surface area contributed by atoms with Crippen LogP contribution in [0.1, 0.15) is 67.9 Å². The molecule has 0 saturated heterocycles. The van der Waals surface area contributed by atoms with Gasteiger partial charge in [0.25, 0.3) is 0 Å². The molecule has 3 rings (SSSR count). The second-order valence-electron chi connectivity index (χ2n) is 7.93. The Balaban J connectivity index is 0.000000322. The summed E-state index contributed by atoms with van der Waals surface area (Å²) >= 11 is 6.21. The molecular weight excluding hydrogens is 656 g/mol. The lowest BCUT2D eigenvalue weighted by atomic mass is 10.1. The fourth-order valence-electron chi connectivity index (χ4n) is 3.41. The van der Waals surface area contributed by atoms with Crippen molar-refractivity contribution in [2.75, 3.05) is 14.2 Å². The maximum Gasteiger partial charge on any atom is 0.340 e. The summed E-state index contributed by atoms with van der Waals surface area (Å²) in [4.78, 5) is 38.0.